The summed E-state index contributed by atoms with van der Waals surface area (Å²) in [7, 11) is 0. The first-order valence-corrected chi connectivity index (χ1v) is 4.93. The molecule has 2 N–H and O–H groups in total. The Morgan fingerprint density at radius 2 is 2.24 bits per heavy atom. The molecule has 1 amide bonds. The van der Waals surface area contributed by atoms with Crippen molar-refractivity contribution < 1.29 is 22.4 Å². The Hall–Kier alpha value is -1.50. The van der Waals surface area contributed by atoms with Crippen LogP contribution in [0.4, 0.5) is 13.2 Å². The van der Waals surface area contributed by atoms with Crippen LogP contribution < -0.4 is 5.73 Å². The standard InChI is InChI=1S/C10H13F3N2O2/c1-7(14)9(16)15(6-10(11,12)13)5-8-3-2-4-17-8/h2-4,7H,5-6,14H2,1H3/t7-/m0/s1. The van der Waals surface area contributed by atoms with Gasteiger partial charge in [-0.15, -0.1) is 0 Å². The maximum atomic E-state index is 12.3. The molecule has 1 heterocycles. The number of furan rings is 1. The zero-order valence-electron chi connectivity index (χ0n) is 9.20. The predicted molar refractivity (Wildman–Crippen MR) is 53.8 cm³/mol. The Labute approximate surface area is 96.2 Å². The zero-order valence-corrected chi connectivity index (χ0v) is 9.20. The predicted octanol–water partition coefficient (Wildman–Crippen LogP) is 1.52. The third-order valence-corrected chi connectivity index (χ3v) is 2.00. The second kappa shape index (κ2) is 5.22. The number of halogens is 3. The van der Waals surface area contributed by atoms with E-state index in [0.717, 1.165) is 0 Å². The first-order chi connectivity index (χ1) is 7.79. The van der Waals surface area contributed by atoms with E-state index in [0.29, 0.717) is 4.90 Å². The molecule has 0 spiro atoms. The summed E-state index contributed by atoms with van der Waals surface area (Å²) in [5.74, 6) is -0.484. The summed E-state index contributed by atoms with van der Waals surface area (Å²) in [4.78, 5) is 12.1. The van der Waals surface area contributed by atoms with Crippen LogP contribution in [0.15, 0.2) is 22.8 Å². The Morgan fingerprint density at radius 1 is 1.59 bits per heavy atom. The van der Waals surface area contributed by atoms with E-state index < -0.39 is 24.7 Å². The fourth-order valence-corrected chi connectivity index (χ4v) is 1.31. The van der Waals surface area contributed by atoms with Gasteiger partial charge in [-0.3, -0.25) is 4.79 Å². The molecule has 0 aliphatic heterocycles. The van der Waals surface area contributed by atoms with Gasteiger partial charge >= 0.3 is 6.18 Å². The first-order valence-electron chi connectivity index (χ1n) is 4.93. The number of carbonyl (C=O) groups is 1. The van der Waals surface area contributed by atoms with Crippen molar-refractivity contribution in [1.82, 2.24) is 4.90 Å². The second-order valence-corrected chi connectivity index (χ2v) is 3.68. The third-order valence-electron chi connectivity index (χ3n) is 2.00. The van der Waals surface area contributed by atoms with Crippen molar-refractivity contribution in [1.29, 1.82) is 0 Å². The number of alkyl halides is 3. The van der Waals surface area contributed by atoms with Crippen molar-refractivity contribution in [2.45, 2.75) is 25.7 Å². The minimum Gasteiger partial charge on any atom is -0.467 e. The molecule has 7 heteroatoms. The summed E-state index contributed by atoms with van der Waals surface area (Å²) in [5.41, 5.74) is 5.30. The molecular formula is C10H13F3N2O2. The van der Waals surface area contributed by atoms with E-state index in [1.807, 2.05) is 0 Å². The maximum Gasteiger partial charge on any atom is 0.406 e. The minimum absolute atomic E-state index is 0.243. The highest BCUT2D eigenvalue weighted by Gasteiger charge is 2.34. The highest BCUT2D eigenvalue weighted by Crippen LogP contribution is 2.18. The Balaban J connectivity index is 2.75. The maximum absolute atomic E-state index is 12.3. The van der Waals surface area contributed by atoms with Gasteiger partial charge in [0.05, 0.1) is 18.8 Å². The zero-order chi connectivity index (χ0) is 13.1. The molecule has 1 atom stereocenters. The van der Waals surface area contributed by atoms with Gasteiger partial charge in [0, 0.05) is 0 Å². The van der Waals surface area contributed by atoms with Gasteiger partial charge in [-0.1, -0.05) is 0 Å². The van der Waals surface area contributed by atoms with Gasteiger partial charge in [-0.05, 0) is 19.1 Å². The number of rotatable bonds is 4. The number of hydrogen-bond donors (Lipinski definition) is 1. The van der Waals surface area contributed by atoms with Gasteiger partial charge in [0.2, 0.25) is 5.91 Å². The first kappa shape index (κ1) is 13.6. The van der Waals surface area contributed by atoms with Crippen LogP contribution in [-0.2, 0) is 11.3 Å². The molecule has 0 aliphatic rings. The number of nitrogens with two attached hydrogens (primary N) is 1. The van der Waals surface area contributed by atoms with Gasteiger partial charge in [0.1, 0.15) is 12.3 Å². The molecule has 96 valence electrons. The molecule has 4 nitrogen and oxygen atoms in total. The largest absolute Gasteiger partial charge is 0.467 e. The topological polar surface area (TPSA) is 59.5 Å². The average Bonchev–Trinajstić information content (AvgIpc) is 2.66. The summed E-state index contributed by atoms with van der Waals surface area (Å²) in [6.07, 6.45) is -3.13. The Kier molecular flexibility index (Phi) is 4.17. The van der Waals surface area contributed by atoms with E-state index in [2.05, 4.69) is 0 Å². The molecular weight excluding hydrogens is 237 g/mol. The number of hydrogen-bond acceptors (Lipinski definition) is 3. The lowest BCUT2D eigenvalue weighted by Crippen LogP contribution is -2.45. The SMILES string of the molecule is C[C@H](N)C(=O)N(Cc1ccco1)CC(F)(F)F. The van der Waals surface area contributed by atoms with Gasteiger partial charge in [-0.2, -0.15) is 13.2 Å². The molecule has 0 aromatic carbocycles. The third kappa shape index (κ3) is 4.48. The van der Waals surface area contributed by atoms with Crippen molar-refractivity contribution in [3.8, 4) is 0 Å². The Morgan fingerprint density at radius 3 is 2.65 bits per heavy atom. The summed E-state index contributed by atoms with van der Waals surface area (Å²) in [6.45, 7) is -0.241. The van der Waals surface area contributed by atoms with E-state index >= 15 is 0 Å². The molecule has 1 aromatic rings. The molecule has 0 bridgehead atoms. The molecule has 0 aliphatic carbocycles. The number of amides is 1. The van der Waals surface area contributed by atoms with Gasteiger partial charge in [0.15, 0.2) is 0 Å². The van der Waals surface area contributed by atoms with Gasteiger partial charge < -0.3 is 15.1 Å². The van der Waals surface area contributed by atoms with Crippen LogP contribution in [0, 0.1) is 0 Å². The normalized spacial score (nSPS) is 13.5. The van der Waals surface area contributed by atoms with Crippen LogP contribution in [0.25, 0.3) is 0 Å². The van der Waals surface area contributed by atoms with E-state index in [1.165, 1.54) is 25.3 Å². The smallest absolute Gasteiger partial charge is 0.406 e. The molecule has 1 rings (SSSR count). The summed E-state index contributed by atoms with van der Waals surface area (Å²) in [5, 5.41) is 0. The minimum atomic E-state index is -4.46. The van der Waals surface area contributed by atoms with Crippen LogP contribution in [0.2, 0.25) is 0 Å². The van der Waals surface area contributed by atoms with Crippen molar-refractivity contribution in [3.05, 3.63) is 24.2 Å². The second-order valence-electron chi connectivity index (χ2n) is 3.68. The van der Waals surface area contributed by atoms with Crippen LogP contribution in [0.3, 0.4) is 0 Å². The van der Waals surface area contributed by atoms with Crippen LogP contribution >= 0.6 is 0 Å². The van der Waals surface area contributed by atoms with E-state index in [1.54, 1.807) is 0 Å². The molecule has 0 radical (unpaired) electrons. The number of nitrogens with zero attached hydrogens (tertiary/aromatic N) is 1. The highest BCUT2D eigenvalue weighted by molar-refractivity contribution is 5.81. The summed E-state index contributed by atoms with van der Waals surface area (Å²) in [6, 6.07) is 2.06. The van der Waals surface area contributed by atoms with Crippen molar-refractivity contribution in [2.75, 3.05) is 6.54 Å². The fourth-order valence-electron chi connectivity index (χ4n) is 1.31. The quantitative estimate of drug-likeness (QED) is 0.881. The summed E-state index contributed by atoms with van der Waals surface area (Å²) >= 11 is 0. The lowest BCUT2D eigenvalue weighted by molar-refractivity contribution is -0.163. The summed E-state index contributed by atoms with van der Waals surface area (Å²) < 4.78 is 41.8. The van der Waals surface area contributed by atoms with E-state index in [4.69, 9.17) is 10.2 Å². The lowest BCUT2D eigenvalue weighted by Gasteiger charge is -2.24. The highest BCUT2D eigenvalue weighted by atomic mass is 19.4. The van der Waals surface area contributed by atoms with Gasteiger partial charge in [-0.25, -0.2) is 0 Å². The molecule has 0 unspecified atom stereocenters. The van der Waals surface area contributed by atoms with Crippen molar-refractivity contribution in [3.63, 3.8) is 0 Å². The van der Waals surface area contributed by atoms with Crippen LogP contribution in [0.5, 0.6) is 0 Å². The molecule has 1 aromatic heterocycles. The molecule has 0 saturated carbocycles. The van der Waals surface area contributed by atoms with E-state index in [-0.39, 0.29) is 12.3 Å². The van der Waals surface area contributed by atoms with Crippen molar-refractivity contribution in [2.24, 2.45) is 5.73 Å². The molecule has 0 fully saturated rings. The van der Waals surface area contributed by atoms with E-state index in [9.17, 15) is 18.0 Å². The van der Waals surface area contributed by atoms with Crippen LogP contribution in [0.1, 0.15) is 12.7 Å². The fraction of sp³-hybridized carbons (Fsp3) is 0.500. The Bertz CT molecular complexity index is 360. The molecule has 0 saturated heterocycles. The van der Waals surface area contributed by atoms with Gasteiger partial charge in [0.25, 0.3) is 0 Å². The number of carbonyl (C=O) groups excluding carboxylic acids is 1. The molecule has 17 heavy (non-hydrogen) atoms. The monoisotopic (exact) mass is 250 g/mol. The average molecular weight is 250 g/mol. The van der Waals surface area contributed by atoms with Crippen LogP contribution in [-0.4, -0.2) is 29.6 Å². The lowest BCUT2D eigenvalue weighted by atomic mass is 10.3. The van der Waals surface area contributed by atoms with Crippen molar-refractivity contribution >= 4 is 5.91 Å².